The van der Waals surface area contributed by atoms with E-state index in [-0.39, 0.29) is 28.4 Å². The second-order valence-corrected chi connectivity index (χ2v) is 7.81. The van der Waals surface area contributed by atoms with E-state index in [9.17, 15) is 5.11 Å². The molecular weight excluding hydrogens is 418 g/mol. The number of halogens is 1. The van der Waals surface area contributed by atoms with Gasteiger partial charge < -0.3 is 26.1 Å². The van der Waals surface area contributed by atoms with Gasteiger partial charge in [-0.25, -0.2) is 4.98 Å². The molecule has 3 aromatic rings. The molecule has 0 spiro atoms. The molecule has 2 heterocycles. The molecule has 10 heteroatoms. The lowest BCUT2D eigenvalue weighted by molar-refractivity contribution is 0.153. The number of aliphatic hydroxyl groups is 1. The zero-order valence-electron chi connectivity index (χ0n) is 17.5. The van der Waals surface area contributed by atoms with Gasteiger partial charge in [0.2, 0.25) is 11.8 Å². The third kappa shape index (κ3) is 5.36. The van der Waals surface area contributed by atoms with Crippen molar-refractivity contribution in [3.63, 3.8) is 0 Å². The summed E-state index contributed by atoms with van der Waals surface area (Å²) >= 11 is 6.18. The van der Waals surface area contributed by atoms with Gasteiger partial charge in [0.1, 0.15) is 10.6 Å². The van der Waals surface area contributed by atoms with Crippen LogP contribution < -0.4 is 11.1 Å². The molecule has 0 aliphatic rings. The van der Waals surface area contributed by atoms with Crippen molar-refractivity contribution in [2.24, 2.45) is 0 Å². The SMILES string of the molecule is Cc1nc(C(C)C#Cc2ccc(C(=N)C(C)(C)O)c(Nc3nc(N)ncc3Cl)c2)no1. The Balaban J connectivity index is 2.00. The Morgan fingerprint density at radius 3 is 2.74 bits per heavy atom. The molecule has 1 unspecified atom stereocenters. The van der Waals surface area contributed by atoms with E-state index in [2.05, 4.69) is 37.3 Å². The highest BCUT2D eigenvalue weighted by molar-refractivity contribution is 6.33. The molecule has 2 aromatic heterocycles. The maximum Gasteiger partial charge on any atom is 0.223 e. The van der Waals surface area contributed by atoms with Gasteiger partial charge in [0.25, 0.3) is 0 Å². The van der Waals surface area contributed by atoms with E-state index >= 15 is 0 Å². The minimum absolute atomic E-state index is 0.0169. The van der Waals surface area contributed by atoms with Gasteiger partial charge in [0.15, 0.2) is 11.6 Å². The van der Waals surface area contributed by atoms with Gasteiger partial charge >= 0.3 is 0 Å². The van der Waals surface area contributed by atoms with Crippen molar-refractivity contribution >= 4 is 34.8 Å². The van der Waals surface area contributed by atoms with Gasteiger partial charge in [0.05, 0.1) is 23.5 Å². The number of anilines is 3. The van der Waals surface area contributed by atoms with E-state index in [0.29, 0.717) is 28.5 Å². The van der Waals surface area contributed by atoms with Crippen LogP contribution in [0.15, 0.2) is 28.9 Å². The monoisotopic (exact) mass is 439 g/mol. The molecule has 0 saturated heterocycles. The highest BCUT2D eigenvalue weighted by Gasteiger charge is 2.24. The average Bonchev–Trinajstić information content (AvgIpc) is 3.14. The first-order valence-electron chi connectivity index (χ1n) is 9.37. The first-order chi connectivity index (χ1) is 14.5. The summed E-state index contributed by atoms with van der Waals surface area (Å²) < 4.78 is 5.00. The normalized spacial score (nSPS) is 12.1. The maximum absolute atomic E-state index is 10.3. The number of nitrogens with two attached hydrogens (primary N) is 1. The summed E-state index contributed by atoms with van der Waals surface area (Å²) in [6.45, 7) is 6.67. The summed E-state index contributed by atoms with van der Waals surface area (Å²) in [6.07, 6.45) is 1.38. The molecule has 160 valence electrons. The standard InChI is InChI=1S/C21H22ClN7O2/c1-11(18-26-12(2)31-29-18)5-6-13-7-8-14(17(23)21(3,4)30)16(9-13)27-19-15(22)10-25-20(24)28-19/h7-11,23,30H,1-4H3,(H3,24,25,27,28). The van der Waals surface area contributed by atoms with Crippen LogP contribution >= 0.6 is 11.6 Å². The molecule has 9 nitrogen and oxygen atoms in total. The number of aryl methyl sites for hydroxylation is 1. The quantitative estimate of drug-likeness (QED) is 0.349. The lowest BCUT2D eigenvalue weighted by Gasteiger charge is -2.22. The summed E-state index contributed by atoms with van der Waals surface area (Å²) in [4.78, 5) is 12.1. The predicted molar refractivity (Wildman–Crippen MR) is 119 cm³/mol. The molecule has 0 aliphatic carbocycles. The molecule has 0 fully saturated rings. The number of benzene rings is 1. The molecule has 0 amide bonds. The van der Waals surface area contributed by atoms with Crippen molar-refractivity contribution in [2.45, 2.75) is 39.2 Å². The summed E-state index contributed by atoms with van der Waals surface area (Å²) in [5.74, 6) is 7.23. The molecule has 0 bridgehead atoms. The van der Waals surface area contributed by atoms with Gasteiger partial charge in [0, 0.05) is 18.1 Å². The van der Waals surface area contributed by atoms with Gasteiger partial charge in [-0.2, -0.15) is 9.97 Å². The third-order valence-electron chi connectivity index (χ3n) is 4.28. The largest absolute Gasteiger partial charge is 0.384 e. The second kappa shape index (κ2) is 8.71. The first-order valence-corrected chi connectivity index (χ1v) is 9.75. The predicted octanol–water partition coefficient (Wildman–Crippen LogP) is 3.44. The van der Waals surface area contributed by atoms with Crippen LogP contribution in [0.2, 0.25) is 5.02 Å². The van der Waals surface area contributed by atoms with Crippen LogP contribution in [-0.2, 0) is 0 Å². The van der Waals surface area contributed by atoms with Crippen molar-refractivity contribution in [1.82, 2.24) is 20.1 Å². The lowest BCUT2D eigenvalue weighted by Crippen LogP contribution is -2.31. The molecule has 5 N–H and O–H groups in total. The van der Waals surface area contributed by atoms with Crippen molar-refractivity contribution < 1.29 is 9.63 Å². The minimum Gasteiger partial charge on any atom is -0.384 e. The average molecular weight is 440 g/mol. The molecule has 0 aliphatic heterocycles. The number of aromatic nitrogens is 4. The fourth-order valence-corrected chi connectivity index (χ4v) is 2.75. The summed E-state index contributed by atoms with van der Waals surface area (Å²) in [6, 6.07) is 5.21. The topological polar surface area (TPSA) is 147 Å². The number of nitrogens with zero attached hydrogens (tertiary/aromatic N) is 4. The maximum atomic E-state index is 10.3. The van der Waals surface area contributed by atoms with Gasteiger partial charge in [-0.1, -0.05) is 28.6 Å². The Hall–Kier alpha value is -3.48. The van der Waals surface area contributed by atoms with Crippen LogP contribution in [0.25, 0.3) is 0 Å². The van der Waals surface area contributed by atoms with Gasteiger partial charge in [-0.3, -0.25) is 0 Å². The number of nitrogen functional groups attached to an aromatic ring is 1. The van der Waals surface area contributed by atoms with E-state index < -0.39 is 5.60 Å². The fraction of sp³-hybridized carbons (Fsp3) is 0.286. The minimum atomic E-state index is -1.36. The first kappa shape index (κ1) is 22.2. The van der Waals surface area contributed by atoms with E-state index in [1.54, 1.807) is 25.1 Å². The lowest BCUT2D eigenvalue weighted by atomic mass is 9.93. The smallest absolute Gasteiger partial charge is 0.223 e. The van der Waals surface area contributed by atoms with Crippen LogP contribution in [0.4, 0.5) is 17.5 Å². The van der Waals surface area contributed by atoms with E-state index in [1.807, 2.05) is 6.92 Å². The number of rotatable bonds is 5. The molecule has 1 aromatic carbocycles. The number of nitrogens with one attached hydrogen (secondary N) is 2. The van der Waals surface area contributed by atoms with E-state index in [1.165, 1.54) is 20.0 Å². The van der Waals surface area contributed by atoms with Crippen LogP contribution in [0.1, 0.15) is 49.5 Å². The summed E-state index contributed by atoms with van der Waals surface area (Å²) in [5.41, 5.74) is 5.95. The van der Waals surface area contributed by atoms with Crippen molar-refractivity contribution in [3.05, 3.63) is 52.3 Å². The number of hydrogen-bond acceptors (Lipinski definition) is 9. The molecule has 31 heavy (non-hydrogen) atoms. The summed E-state index contributed by atoms with van der Waals surface area (Å²) in [7, 11) is 0. The Bertz CT molecular complexity index is 1190. The van der Waals surface area contributed by atoms with Crippen LogP contribution in [0.5, 0.6) is 0 Å². The Labute approximate surface area is 184 Å². The second-order valence-electron chi connectivity index (χ2n) is 7.41. The zero-order valence-corrected chi connectivity index (χ0v) is 18.2. The Morgan fingerprint density at radius 1 is 1.35 bits per heavy atom. The van der Waals surface area contributed by atoms with Gasteiger partial charge in [-0.05, 0) is 39.0 Å². The fourth-order valence-electron chi connectivity index (χ4n) is 2.62. The number of hydrogen-bond donors (Lipinski definition) is 4. The zero-order chi connectivity index (χ0) is 22.8. The van der Waals surface area contributed by atoms with Crippen LogP contribution in [0.3, 0.4) is 0 Å². The van der Waals surface area contributed by atoms with Crippen LogP contribution in [-0.4, -0.2) is 36.5 Å². The molecule has 0 radical (unpaired) electrons. The Morgan fingerprint density at radius 2 is 2.10 bits per heavy atom. The summed E-state index contributed by atoms with van der Waals surface area (Å²) in [5, 5.41) is 25.9. The molecule has 1 atom stereocenters. The van der Waals surface area contributed by atoms with Crippen LogP contribution in [0, 0.1) is 24.2 Å². The highest BCUT2D eigenvalue weighted by atomic mass is 35.5. The van der Waals surface area contributed by atoms with Crippen molar-refractivity contribution in [3.8, 4) is 11.8 Å². The third-order valence-corrected chi connectivity index (χ3v) is 4.56. The van der Waals surface area contributed by atoms with E-state index in [4.69, 9.17) is 27.3 Å². The highest BCUT2D eigenvalue weighted by Crippen LogP contribution is 2.28. The molecule has 0 saturated carbocycles. The van der Waals surface area contributed by atoms with Gasteiger partial charge in [-0.15, -0.1) is 0 Å². The molecule has 3 rings (SSSR count). The Kier molecular flexibility index (Phi) is 6.24. The van der Waals surface area contributed by atoms with Crippen molar-refractivity contribution in [2.75, 3.05) is 11.1 Å². The van der Waals surface area contributed by atoms with E-state index in [0.717, 1.165) is 0 Å². The van der Waals surface area contributed by atoms with Crippen molar-refractivity contribution in [1.29, 1.82) is 5.41 Å². The molecular formula is C21H22ClN7O2.